The smallest absolute Gasteiger partial charge is 0.173 e. The number of rotatable bonds is 0. The Balaban J connectivity index is 1.89. The fourth-order valence-corrected chi connectivity index (χ4v) is 7.04. The molecule has 2 aromatic rings. The van der Waals surface area contributed by atoms with E-state index in [0.29, 0.717) is 33.4 Å². The monoisotopic (exact) mass is 394 g/mol. The Hall–Kier alpha value is -3.18. The highest BCUT2D eigenvalue weighted by Gasteiger charge is 2.78. The maximum absolute atomic E-state index is 13.9. The fraction of sp³-hybridized carbons (Fsp3) is 0.308. The van der Waals surface area contributed by atoms with Gasteiger partial charge in [0.15, 0.2) is 22.8 Å². The van der Waals surface area contributed by atoms with Crippen LogP contribution in [0.1, 0.15) is 68.7 Å². The first-order valence-corrected chi connectivity index (χ1v) is 9.91. The molecule has 0 aliphatic heterocycles. The lowest BCUT2D eigenvalue weighted by atomic mass is 9.48. The van der Waals surface area contributed by atoms with Gasteiger partial charge in [-0.05, 0) is 25.0 Å². The highest BCUT2D eigenvalue weighted by molar-refractivity contribution is 6.13. The molecule has 0 saturated carbocycles. The molecular weight excluding hydrogens is 376 g/mol. The predicted octanol–water partition coefficient (Wildman–Crippen LogP) is 2.63. The summed E-state index contributed by atoms with van der Waals surface area (Å²) >= 11 is 0. The van der Waals surface area contributed by atoms with E-state index in [4.69, 9.17) is 12.8 Å². The zero-order valence-electron chi connectivity index (χ0n) is 16.5. The van der Waals surface area contributed by atoms with E-state index in [2.05, 4.69) is 11.8 Å². The van der Waals surface area contributed by atoms with Gasteiger partial charge in [0, 0.05) is 34.1 Å². The van der Waals surface area contributed by atoms with Crippen LogP contribution in [0.2, 0.25) is 0 Å². The molecule has 4 aliphatic carbocycles. The van der Waals surface area contributed by atoms with Gasteiger partial charge in [0.05, 0.1) is 10.8 Å². The van der Waals surface area contributed by atoms with E-state index in [1.807, 2.05) is 0 Å². The van der Waals surface area contributed by atoms with Crippen LogP contribution in [0, 0.1) is 35.5 Å². The summed E-state index contributed by atoms with van der Waals surface area (Å²) in [5.74, 6) is 3.25. The minimum absolute atomic E-state index is 0.291. The van der Waals surface area contributed by atoms with Gasteiger partial charge in [0.1, 0.15) is 0 Å². The van der Waals surface area contributed by atoms with Gasteiger partial charge in [-0.15, -0.1) is 12.8 Å². The van der Waals surface area contributed by atoms with Gasteiger partial charge in [0.2, 0.25) is 0 Å². The van der Waals surface area contributed by atoms with E-state index < -0.39 is 33.9 Å². The number of hydrogen-bond acceptors (Lipinski definition) is 4. The SMILES string of the molecule is C#C[C@@]1(O)c2cccc3c2[C@@H]2[C@H]4c5c(cccc5[C@](O)(C#C)[C@@]4(C)C3=O)C(=O)[C@@]21C. The van der Waals surface area contributed by atoms with Crippen molar-refractivity contribution in [3.63, 3.8) is 0 Å². The molecule has 0 heterocycles. The summed E-state index contributed by atoms with van der Waals surface area (Å²) < 4.78 is 0. The Morgan fingerprint density at radius 1 is 0.767 bits per heavy atom. The van der Waals surface area contributed by atoms with Crippen LogP contribution >= 0.6 is 0 Å². The quantitative estimate of drug-likeness (QED) is 0.674. The molecular formula is C26H18O4. The number of aliphatic hydroxyl groups is 2. The van der Waals surface area contributed by atoms with Crippen LogP contribution < -0.4 is 0 Å². The molecule has 6 rings (SSSR count). The molecule has 0 radical (unpaired) electrons. The molecule has 0 saturated heterocycles. The Morgan fingerprint density at radius 2 is 1.13 bits per heavy atom. The molecule has 0 unspecified atom stereocenters. The number of carbonyl (C=O) groups is 2. The van der Waals surface area contributed by atoms with E-state index in [0.717, 1.165) is 0 Å². The molecule has 0 spiro atoms. The first-order valence-electron chi connectivity index (χ1n) is 9.91. The molecule has 0 amide bonds. The van der Waals surface area contributed by atoms with Crippen LogP contribution in [0.15, 0.2) is 36.4 Å². The summed E-state index contributed by atoms with van der Waals surface area (Å²) in [5.41, 5.74) is -3.74. The number of terminal acetylenes is 2. The lowest BCUT2D eigenvalue weighted by Crippen LogP contribution is -2.56. The van der Waals surface area contributed by atoms with E-state index in [1.54, 1.807) is 50.2 Å². The number of Topliss-reactive ketones (excluding diaryl/α,β-unsaturated/α-hetero) is 2. The van der Waals surface area contributed by atoms with Crippen molar-refractivity contribution in [2.45, 2.75) is 36.9 Å². The van der Waals surface area contributed by atoms with E-state index in [9.17, 15) is 19.8 Å². The van der Waals surface area contributed by atoms with Crippen molar-refractivity contribution < 1.29 is 19.8 Å². The summed E-state index contributed by atoms with van der Waals surface area (Å²) in [6.07, 6.45) is 11.7. The van der Waals surface area contributed by atoms with Crippen LogP contribution in [0.5, 0.6) is 0 Å². The second-order valence-electron chi connectivity index (χ2n) is 9.26. The maximum atomic E-state index is 13.9. The normalized spacial score (nSPS) is 41.3. The average molecular weight is 394 g/mol. The van der Waals surface area contributed by atoms with Crippen LogP contribution in [0.3, 0.4) is 0 Å². The molecule has 2 aromatic carbocycles. The van der Waals surface area contributed by atoms with Crippen molar-refractivity contribution in [3.05, 3.63) is 69.8 Å². The Morgan fingerprint density at radius 3 is 1.47 bits per heavy atom. The summed E-state index contributed by atoms with van der Waals surface area (Å²) in [6, 6.07) is 10.0. The van der Waals surface area contributed by atoms with Crippen molar-refractivity contribution in [2.75, 3.05) is 0 Å². The predicted molar refractivity (Wildman–Crippen MR) is 109 cm³/mol. The summed E-state index contributed by atoms with van der Waals surface area (Å²) in [4.78, 5) is 27.9. The Kier molecular flexibility index (Phi) is 2.71. The van der Waals surface area contributed by atoms with Crippen LogP contribution in [-0.2, 0) is 11.2 Å². The van der Waals surface area contributed by atoms with Gasteiger partial charge in [-0.1, -0.05) is 48.2 Å². The first kappa shape index (κ1) is 17.7. The molecule has 4 nitrogen and oxygen atoms in total. The molecule has 2 N–H and O–H groups in total. The van der Waals surface area contributed by atoms with Crippen molar-refractivity contribution in [2.24, 2.45) is 10.8 Å². The molecule has 0 aromatic heterocycles. The second-order valence-corrected chi connectivity index (χ2v) is 9.26. The molecule has 6 atom stereocenters. The molecule has 30 heavy (non-hydrogen) atoms. The van der Waals surface area contributed by atoms with Crippen molar-refractivity contribution in [1.82, 2.24) is 0 Å². The van der Waals surface area contributed by atoms with Gasteiger partial charge in [-0.25, -0.2) is 0 Å². The Labute approximate surface area is 173 Å². The van der Waals surface area contributed by atoms with Gasteiger partial charge >= 0.3 is 0 Å². The van der Waals surface area contributed by atoms with E-state index in [1.165, 1.54) is 0 Å². The number of benzene rings is 2. The number of carbonyl (C=O) groups excluding carboxylic acids is 2. The van der Waals surface area contributed by atoms with Gasteiger partial charge in [0.25, 0.3) is 0 Å². The molecule has 146 valence electrons. The summed E-state index contributed by atoms with van der Waals surface area (Å²) in [7, 11) is 0. The van der Waals surface area contributed by atoms with Crippen LogP contribution in [0.25, 0.3) is 0 Å². The van der Waals surface area contributed by atoms with Gasteiger partial charge in [-0.2, -0.15) is 0 Å². The zero-order valence-corrected chi connectivity index (χ0v) is 16.5. The lowest BCUT2D eigenvalue weighted by molar-refractivity contribution is -0.0532. The maximum Gasteiger partial charge on any atom is 0.173 e. The molecule has 0 fully saturated rings. The highest BCUT2D eigenvalue weighted by Crippen LogP contribution is 2.76. The minimum Gasteiger partial charge on any atom is -0.372 e. The second kappa shape index (κ2) is 4.60. The van der Waals surface area contributed by atoms with Gasteiger partial charge in [-0.3, -0.25) is 9.59 Å². The highest BCUT2D eigenvalue weighted by atomic mass is 16.3. The van der Waals surface area contributed by atoms with E-state index >= 15 is 0 Å². The van der Waals surface area contributed by atoms with E-state index in [-0.39, 0.29) is 11.6 Å². The Bertz CT molecular complexity index is 1240. The summed E-state index contributed by atoms with van der Waals surface area (Å²) in [6.45, 7) is 3.37. The summed E-state index contributed by atoms with van der Waals surface area (Å²) in [5, 5.41) is 23.5. The third-order valence-corrected chi connectivity index (χ3v) is 8.54. The largest absolute Gasteiger partial charge is 0.372 e. The topological polar surface area (TPSA) is 74.6 Å². The molecule has 0 bridgehead atoms. The standard InChI is InChI=1S/C26H18O4/c1-5-25(29)15-11-7-9-13-17(15)19-20-18-14(21(27)23(19,25)3)10-8-12-16(18)26(30,6-2)24(20,4)22(13)28/h1-2,7-12,19-20,29-30H,3-4H3/t19-,20-,23-,24-,25-,26-/m1/s1. The van der Waals surface area contributed by atoms with Crippen molar-refractivity contribution in [3.8, 4) is 24.7 Å². The fourth-order valence-electron chi connectivity index (χ4n) is 7.04. The molecule has 4 heteroatoms. The third kappa shape index (κ3) is 1.28. The number of hydrogen-bond donors (Lipinski definition) is 2. The van der Waals surface area contributed by atoms with Gasteiger partial charge < -0.3 is 10.2 Å². The average Bonchev–Trinajstić information content (AvgIpc) is 3.10. The van der Waals surface area contributed by atoms with Crippen LogP contribution in [0.4, 0.5) is 0 Å². The molecule has 4 aliphatic rings. The third-order valence-electron chi connectivity index (χ3n) is 8.54. The first-order chi connectivity index (χ1) is 14.1. The van der Waals surface area contributed by atoms with Crippen molar-refractivity contribution >= 4 is 11.6 Å². The zero-order chi connectivity index (χ0) is 21.4. The van der Waals surface area contributed by atoms with Crippen LogP contribution in [-0.4, -0.2) is 21.8 Å². The number of ketones is 2. The minimum atomic E-state index is -1.88. The lowest BCUT2D eigenvalue weighted by Gasteiger charge is -2.51. The van der Waals surface area contributed by atoms with Crippen molar-refractivity contribution in [1.29, 1.82) is 0 Å².